The van der Waals surface area contributed by atoms with Crippen LogP contribution in [0.1, 0.15) is 60.4 Å². The molecule has 1 heterocycles. The molecule has 2 saturated carbocycles. The van der Waals surface area contributed by atoms with Gasteiger partial charge in [-0.3, -0.25) is 14.9 Å². The minimum absolute atomic E-state index is 0.00116. The van der Waals surface area contributed by atoms with Crippen molar-refractivity contribution in [2.45, 2.75) is 68.4 Å². The number of carboxylic acids is 1. The number of nitrogens with zero attached hydrogens (tertiary/aromatic N) is 1. The molecule has 1 aliphatic heterocycles. The summed E-state index contributed by atoms with van der Waals surface area (Å²) in [4.78, 5) is 40.2. The fraction of sp³-hybridized carbons (Fsp3) is 0.444. The number of carbonyl (C=O) groups excluding carboxylic acids is 2. The lowest BCUT2D eigenvalue weighted by Crippen LogP contribution is -2.62. The summed E-state index contributed by atoms with van der Waals surface area (Å²) in [5.74, 6) is -2.86. The van der Waals surface area contributed by atoms with Crippen LogP contribution in [0.5, 0.6) is 5.75 Å². The number of carbonyl (C=O) groups is 3. The van der Waals surface area contributed by atoms with Crippen LogP contribution in [0, 0.1) is 5.92 Å². The maximum atomic E-state index is 13.8. The summed E-state index contributed by atoms with van der Waals surface area (Å²) in [6.07, 6.45) is -0.812. The van der Waals surface area contributed by atoms with Crippen molar-refractivity contribution in [3.05, 3.63) is 58.6 Å². The Morgan fingerprint density at radius 1 is 1.11 bits per heavy atom. The summed E-state index contributed by atoms with van der Waals surface area (Å²) in [5.41, 5.74) is -0.353. The number of anilines is 1. The zero-order chi connectivity index (χ0) is 27.2. The van der Waals surface area contributed by atoms with Crippen molar-refractivity contribution >= 4 is 35.5 Å². The largest absolute Gasteiger partial charge is 0.573 e. The van der Waals surface area contributed by atoms with Gasteiger partial charge in [-0.1, -0.05) is 24.1 Å². The highest BCUT2D eigenvalue weighted by Crippen LogP contribution is 2.55. The number of aliphatic carboxylic acids is 1. The van der Waals surface area contributed by atoms with Gasteiger partial charge in [0.15, 0.2) is 0 Å². The molecule has 2 aromatic rings. The van der Waals surface area contributed by atoms with Gasteiger partial charge in [0.1, 0.15) is 17.6 Å². The van der Waals surface area contributed by atoms with Gasteiger partial charge < -0.3 is 19.5 Å². The molecule has 202 valence electrons. The molecule has 0 saturated heterocycles. The van der Waals surface area contributed by atoms with E-state index in [0.29, 0.717) is 35.4 Å². The first kappa shape index (κ1) is 26.5. The highest BCUT2D eigenvalue weighted by molar-refractivity contribution is 6.31. The van der Waals surface area contributed by atoms with Crippen LogP contribution in [0.15, 0.2) is 42.5 Å². The average Bonchev–Trinajstić information content (AvgIpc) is 3.54. The van der Waals surface area contributed by atoms with Crippen LogP contribution in [0.3, 0.4) is 0 Å². The SMILES string of the molecule is O=CCC(NC1CC1)(C(=O)O)C1c2ccc(Cl)cc2N(C(=O)c2ccc(OC(F)(F)F)cc2)C2CCCC21. The van der Waals surface area contributed by atoms with Crippen molar-refractivity contribution in [1.29, 1.82) is 0 Å². The topological polar surface area (TPSA) is 95.9 Å². The van der Waals surface area contributed by atoms with Crippen LogP contribution in [0.2, 0.25) is 5.02 Å². The lowest BCUT2D eigenvalue weighted by Gasteiger charge is -2.50. The van der Waals surface area contributed by atoms with Crippen LogP contribution < -0.4 is 15.0 Å². The van der Waals surface area contributed by atoms with Gasteiger partial charge in [0.05, 0.1) is 0 Å². The highest BCUT2D eigenvalue weighted by atomic mass is 35.5. The van der Waals surface area contributed by atoms with Gasteiger partial charge in [-0.05, 0) is 73.6 Å². The van der Waals surface area contributed by atoms with Crippen LogP contribution in [0.25, 0.3) is 0 Å². The second kappa shape index (κ2) is 9.89. The molecule has 7 nitrogen and oxygen atoms in total. The lowest BCUT2D eigenvalue weighted by atomic mass is 9.65. The predicted octanol–water partition coefficient (Wildman–Crippen LogP) is 5.32. The van der Waals surface area contributed by atoms with Crippen LogP contribution >= 0.6 is 11.6 Å². The van der Waals surface area contributed by atoms with Crippen molar-refractivity contribution in [2.75, 3.05) is 4.90 Å². The molecule has 4 unspecified atom stereocenters. The van der Waals surface area contributed by atoms with Crippen molar-refractivity contribution in [1.82, 2.24) is 5.32 Å². The smallest absolute Gasteiger partial charge is 0.480 e. The fourth-order valence-electron chi connectivity index (χ4n) is 6.19. The number of nitrogens with one attached hydrogen (secondary N) is 1. The Morgan fingerprint density at radius 2 is 1.82 bits per heavy atom. The number of carboxylic acid groups (broad SMARTS) is 1. The van der Waals surface area contributed by atoms with E-state index in [1.54, 1.807) is 23.1 Å². The maximum absolute atomic E-state index is 13.8. The number of rotatable bonds is 8. The van der Waals surface area contributed by atoms with Gasteiger partial charge in [0.2, 0.25) is 0 Å². The minimum atomic E-state index is -4.85. The Balaban J connectivity index is 1.59. The molecule has 4 atom stereocenters. The lowest BCUT2D eigenvalue weighted by molar-refractivity contribution is -0.274. The molecular formula is C27H26ClF3N2O5. The molecule has 0 spiro atoms. The van der Waals surface area contributed by atoms with Crippen molar-refractivity contribution in [3.8, 4) is 5.75 Å². The molecular weight excluding hydrogens is 525 g/mol. The molecule has 0 radical (unpaired) electrons. The van der Waals surface area contributed by atoms with E-state index >= 15 is 0 Å². The van der Waals surface area contributed by atoms with Gasteiger partial charge in [0.25, 0.3) is 5.91 Å². The second-order valence-electron chi connectivity index (χ2n) is 10.2. The first-order chi connectivity index (χ1) is 18.0. The summed E-state index contributed by atoms with van der Waals surface area (Å²) >= 11 is 6.35. The van der Waals surface area contributed by atoms with E-state index in [1.165, 1.54) is 12.1 Å². The summed E-state index contributed by atoms with van der Waals surface area (Å²) in [6.45, 7) is 0. The van der Waals surface area contributed by atoms with Gasteiger partial charge in [0, 0.05) is 40.7 Å². The van der Waals surface area contributed by atoms with E-state index in [2.05, 4.69) is 10.1 Å². The Labute approximate surface area is 221 Å². The van der Waals surface area contributed by atoms with Crippen LogP contribution in [-0.4, -0.2) is 47.3 Å². The third-order valence-corrected chi connectivity index (χ3v) is 8.02. The number of fused-ring (bicyclic) bond motifs is 2. The first-order valence-electron chi connectivity index (χ1n) is 12.5. The van der Waals surface area contributed by atoms with Crippen molar-refractivity contribution < 1.29 is 37.4 Å². The van der Waals surface area contributed by atoms with E-state index in [-0.39, 0.29) is 30.0 Å². The van der Waals surface area contributed by atoms with E-state index in [0.717, 1.165) is 31.4 Å². The quantitative estimate of drug-likeness (QED) is 0.432. The second-order valence-corrected chi connectivity index (χ2v) is 10.6. The molecule has 2 fully saturated rings. The normalized spacial score (nSPS) is 24.2. The number of ether oxygens (including phenoxy) is 1. The van der Waals surface area contributed by atoms with Crippen molar-refractivity contribution in [2.24, 2.45) is 5.92 Å². The summed E-state index contributed by atoms with van der Waals surface area (Å²) < 4.78 is 41.7. The first-order valence-corrected chi connectivity index (χ1v) is 12.9. The molecule has 2 aromatic carbocycles. The standard InChI is InChI=1S/C27H26ClF3N2O5/c28-16-6-11-20-22(14-16)33(24(35)15-4-9-18(10-5-15)38-27(29,30)31)21-3-1-2-19(21)23(20)26(12-13-34,25(36)37)32-17-7-8-17/h4-6,9-11,13-14,17,19,21,23,32H,1-3,7-8,12H2,(H,36,37). The van der Waals surface area contributed by atoms with Crippen LogP contribution in [-0.2, 0) is 9.59 Å². The summed E-state index contributed by atoms with van der Waals surface area (Å²) in [5, 5.41) is 14.1. The van der Waals surface area contributed by atoms with Crippen LogP contribution in [0.4, 0.5) is 18.9 Å². The average molecular weight is 551 g/mol. The third kappa shape index (κ3) is 4.87. The van der Waals surface area contributed by atoms with Gasteiger partial charge in [-0.25, -0.2) is 0 Å². The highest BCUT2D eigenvalue weighted by Gasteiger charge is 2.58. The Kier molecular flexibility index (Phi) is 6.89. The summed E-state index contributed by atoms with van der Waals surface area (Å²) in [6, 6.07) is 9.29. The number of hydrogen-bond acceptors (Lipinski definition) is 5. The fourth-order valence-corrected chi connectivity index (χ4v) is 6.35. The van der Waals surface area contributed by atoms with E-state index in [1.807, 2.05) is 0 Å². The van der Waals surface area contributed by atoms with Gasteiger partial charge in [-0.2, -0.15) is 0 Å². The molecule has 1 amide bonds. The number of benzene rings is 2. The van der Waals surface area contributed by atoms with E-state index < -0.39 is 35.4 Å². The zero-order valence-corrected chi connectivity index (χ0v) is 21.0. The predicted molar refractivity (Wildman–Crippen MR) is 132 cm³/mol. The number of hydrogen-bond donors (Lipinski definition) is 2. The van der Waals surface area contributed by atoms with Crippen molar-refractivity contribution in [3.63, 3.8) is 0 Å². The summed E-state index contributed by atoms with van der Waals surface area (Å²) in [7, 11) is 0. The number of alkyl halides is 3. The molecule has 3 aliphatic rings. The van der Waals surface area contributed by atoms with Gasteiger partial charge in [-0.15, -0.1) is 13.2 Å². The molecule has 0 aromatic heterocycles. The zero-order valence-electron chi connectivity index (χ0n) is 20.2. The van der Waals surface area contributed by atoms with E-state index in [4.69, 9.17) is 11.6 Å². The maximum Gasteiger partial charge on any atom is 0.573 e. The Hall–Kier alpha value is -3.11. The Morgan fingerprint density at radius 3 is 2.42 bits per heavy atom. The van der Waals surface area contributed by atoms with E-state index in [9.17, 15) is 32.7 Å². The third-order valence-electron chi connectivity index (χ3n) is 7.79. The minimum Gasteiger partial charge on any atom is -0.480 e. The Bertz CT molecular complexity index is 1250. The number of halogens is 4. The molecule has 5 rings (SSSR count). The molecule has 2 N–H and O–H groups in total. The monoisotopic (exact) mass is 550 g/mol. The molecule has 11 heteroatoms. The molecule has 2 aliphatic carbocycles. The number of aldehydes is 1. The number of amides is 1. The van der Waals surface area contributed by atoms with Gasteiger partial charge >= 0.3 is 12.3 Å². The molecule has 38 heavy (non-hydrogen) atoms. The molecule has 0 bridgehead atoms.